The fourth-order valence-corrected chi connectivity index (χ4v) is 14.0. The highest BCUT2D eigenvalue weighted by Crippen LogP contribution is 2.29. The van der Waals surface area contributed by atoms with Gasteiger partial charge in [0.1, 0.15) is 66.6 Å². The smallest absolute Gasteiger partial charge is 0.329 e. The fourth-order valence-electron chi connectivity index (χ4n) is 14.0. The summed E-state index contributed by atoms with van der Waals surface area (Å²) in [4.78, 5) is 230. The molecule has 115 heavy (non-hydrogen) atoms. The lowest BCUT2D eigenvalue weighted by Crippen LogP contribution is -2.65. The number of nitrogens with zero attached hydrogens (tertiary/aromatic N) is 2. The largest absolute Gasteiger partial charge is 0.481 e. The number of amides is 14. The van der Waals surface area contributed by atoms with E-state index in [4.69, 9.17) is 38.1 Å². The van der Waals surface area contributed by atoms with Crippen LogP contribution in [0.3, 0.4) is 0 Å². The number of hydrogen-bond acceptors (Lipinski definition) is 24. The second kappa shape index (κ2) is 50.0. The number of primary amides is 3. The van der Waals surface area contributed by atoms with Crippen LogP contribution < -0.4 is 76.5 Å². The van der Waals surface area contributed by atoms with Crippen LogP contribution in [0.25, 0.3) is 0 Å². The zero-order valence-electron chi connectivity index (χ0n) is 69.4. The van der Waals surface area contributed by atoms with Crippen molar-refractivity contribution in [1.82, 2.24) is 57.7 Å². The molecule has 22 unspecified atom stereocenters. The molecule has 24 N–H and O–H groups in total. The minimum absolute atomic E-state index is 0.0292. The summed E-state index contributed by atoms with van der Waals surface area (Å²) in [6, 6.07) is -19.4. The first-order valence-corrected chi connectivity index (χ1v) is 39.9. The first kappa shape index (κ1) is 102. The van der Waals surface area contributed by atoms with E-state index in [1.807, 2.05) is 6.92 Å². The summed E-state index contributed by atoms with van der Waals surface area (Å²) in [5.74, 6) is -24.2. The molecule has 2 aliphatic heterocycles. The number of ether oxygens (including phenoxy) is 2. The van der Waals surface area contributed by atoms with Crippen molar-refractivity contribution in [3.05, 3.63) is 0 Å². The van der Waals surface area contributed by atoms with E-state index >= 15 is 19.2 Å². The molecule has 0 aromatic heterocycles. The first-order valence-electron chi connectivity index (χ1n) is 39.9. The Bertz CT molecular complexity index is 3280. The van der Waals surface area contributed by atoms with Crippen molar-refractivity contribution in [1.29, 1.82) is 0 Å². The van der Waals surface area contributed by atoms with Crippen molar-refractivity contribution in [2.75, 3.05) is 40.4 Å². The lowest BCUT2D eigenvalue weighted by atomic mass is 9.83. The molecule has 39 heteroatoms. The lowest BCUT2D eigenvalue weighted by Gasteiger charge is -2.39. The maximum absolute atomic E-state index is 15.6. The average Bonchev–Trinajstić information content (AvgIpc) is 0.800. The number of fused-ring (bicyclic) bond motifs is 1. The van der Waals surface area contributed by atoms with Gasteiger partial charge in [-0.25, -0.2) is 4.79 Å². The van der Waals surface area contributed by atoms with Gasteiger partial charge in [-0.1, -0.05) is 83.1 Å². The molecule has 0 aliphatic carbocycles. The van der Waals surface area contributed by atoms with Crippen LogP contribution in [0.15, 0.2) is 0 Å². The van der Waals surface area contributed by atoms with Crippen LogP contribution >= 0.6 is 0 Å². The first-order chi connectivity index (χ1) is 53.7. The molecule has 2 fully saturated rings. The van der Waals surface area contributed by atoms with Crippen molar-refractivity contribution in [2.45, 2.75) is 290 Å². The summed E-state index contributed by atoms with van der Waals surface area (Å²) in [7, 11) is 2.46. The van der Waals surface area contributed by atoms with Gasteiger partial charge in [0.15, 0.2) is 6.10 Å². The molecule has 0 aromatic carbocycles. The van der Waals surface area contributed by atoms with Gasteiger partial charge in [0, 0.05) is 51.9 Å². The minimum Gasteiger partial charge on any atom is -0.481 e. The van der Waals surface area contributed by atoms with Crippen LogP contribution in [0.5, 0.6) is 0 Å². The van der Waals surface area contributed by atoms with E-state index in [1.54, 1.807) is 34.6 Å². The van der Waals surface area contributed by atoms with E-state index in [0.29, 0.717) is 12.3 Å². The maximum atomic E-state index is 15.6. The number of nitrogens with one attached hydrogen (secondary N) is 9. The molecule has 0 radical (unpaired) electrons. The van der Waals surface area contributed by atoms with Crippen molar-refractivity contribution in [2.24, 2.45) is 81.9 Å². The predicted molar refractivity (Wildman–Crippen MR) is 418 cm³/mol. The highest BCUT2D eigenvalue weighted by Gasteiger charge is 2.48. The van der Waals surface area contributed by atoms with E-state index in [1.165, 1.54) is 48.8 Å². The van der Waals surface area contributed by atoms with Crippen LogP contribution in [0, 0.1) is 53.3 Å². The Kier molecular flexibility index (Phi) is 44.5. The lowest BCUT2D eigenvalue weighted by molar-refractivity contribution is -0.168. The quantitative estimate of drug-likeness (QED) is 0.0259. The number of nitrogens with two attached hydrogens (primary N) is 5. The third-order valence-corrected chi connectivity index (χ3v) is 21.6. The molecule has 14 amide bonds. The summed E-state index contributed by atoms with van der Waals surface area (Å²) in [6.45, 7) is 19.8. The number of rotatable bonds is 40. The Morgan fingerprint density at radius 2 is 1.22 bits per heavy atom. The molecule has 39 nitrogen and oxygen atoms in total. The molecule has 2 rings (SSSR count). The number of carboxylic acid groups (broad SMARTS) is 1. The van der Waals surface area contributed by atoms with E-state index in [-0.39, 0.29) is 102 Å². The maximum Gasteiger partial charge on any atom is 0.329 e. The molecule has 0 spiro atoms. The number of likely N-dealkylation sites (N-methyl/N-ethyl adjacent to an activating group) is 1. The molecular formula is C76H134N16O23. The summed E-state index contributed by atoms with van der Waals surface area (Å²) in [6.07, 6.45) is -11.6. The minimum atomic E-state index is -2.69. The standard InChI is InChI=1S/C76H134N16O23/c1-36(2)30-39(7)32-40(8)61(99)44(12)66(103)83-48(20-18-27-77)67(104)82-47(24-26-55(80)95)62(100)63(101)73(110)89-58(42(10)43(11)65(81)102)70(107)90-60-64(41(9)38(5)6)115-76(113)53-22-16-17-29-92(53)75(112)51(34-57(97)98)86-71(108)59(45(13)114-15)88-56(96)33-46(23-25-54(79)94)91(14)74(111)50(31-37(3)4)85-68(105)49(21-19-28-78)84-69(106)52(35-93)87-72(60)109/h36-53,58-64,93,99-101H,16-35,77-78H2,1-15H3,(H2,79,94)(H2,80,95)(H2,81,102)(H,82,104)(H,83,103)(H,84,106)(H,85,105)(H,86,108)(H,87,109)(H,88,96)(H,89,110)(H,90,107)(H,97,98). The monoisotopic (exact) mass is 1640 g/mol. The van der Waals surface area contributed by atoms with Crippen molar-refractivity contribution in [3.63, 3.8) is 0 Å². The summed E-state index contributed by atoms with van der Waals surface area (Å²) in [5.41, 5.74) is 28.6. The van der Waals surface area contributed by atoms with E-state index in [9.17, 15) is 83.1 Å². The predicted octanol–water partition coefficient (Wildman–Crippen LogP) is -4.09. The van der Waals surface area contributed by atoms with Gasteiger partial charge in [-0.2, -0.15) is 0 Å². The van der Waals surface area contributed by atoms with E-state index < -0.39 is 253 Å². The van der Waals surface area contributed by atoms with Gasteiger partial charge >= 0.3 is 11.9 Å². The van der Waals surface area contributed by atoms with E-state index in [0.717, 1.165) is 16.2 Å². The zero-order valence-corrected chi connectivity index (χ0v) is 69.4. The van der Waals surface area contributed by atoms with Gasteiger partial charge < -0.3 is 121 Å². The summed E-state index contributed by atoms with van der Waals surface area (Å²) < 4.78 is 11.8. The Morgan fingerprint density at radius 1 is 0.626 bits per heavy atom. The van der Waals surface area contributed by atoms with E-state index in [2.05, 4.69) is 61.7 Å². The highest BCUT2D eigenvalue weighted by atomic mass is 16.5. The molecule has 0 aromatic rings. The fraction of sp³-hybridized carbons (Fsp3) is 0.789. The molecule has 0 bridgehead atoms. The summed E-state index contributed by atoms with van der Waals surface area (Å²) >= 11 is 0. The van der Waals surface area contributed by atoms with Crippen molar-refractivity contribution < 1.29 is 112 Å². The Hall–Kier alpha value is -8.76. The number of hydrogen-bond donors (Lipinski definition) is 19. The Labute approximate surface area is 673 Å². The Balaban J connectivity index is 3.10. The third kappa shape index (κ3) is 33.0. The highest BCUT2D eigenvalue weighted by molar-refractivity contribution is 5.99. The van der Waals surface area contributed by atoms with Crippen LogP contribution in [-0.4, -0.2) is 267 Å². The molecule has 22 atom stereocenters. The molecule has 2 saturated heterocycles. The topological polar surface area (TPSA) is 638 Å². The number of piperidine rings is 1. The van der Waals surface area contributed by atoms with Crippen LogP contribution in [-0.2, 0) is 86.2 Å². The van der Waals surface area contributed by atoms with Gasteiger partial charge in [0.2, 0.25) is 76.8 Å². The normalized spacial score (nSPS) is 24.4. The second-order valence-corrected chi connectivity index (χ2v) is 32.2. The van der Waals surface area contributed by atoms with Crippen molar-refractivity contribution in [3.8, 4) is 0 Å². The van der Waals surface area contributed by atoms with Gasteiger partial charge in [-0.05, 0) is 138 Å². The number of carbonyl (C=O) groups excluding carboxylic acids is 15. The van der Waals surface area contributed by atoms with Gasteiger partial charge in [0.05, 0.1) is 37.2 Å². The molecular weight excluding hydrogens is 1500 g/mol. The number of esters is 1. The summed E-state index contributed by atoms with van der Waals surface area (Å²) in [5, 5.41) is 78.7. The SMILES string of the molecule is COC(C)C1NC(=O)CC(CCC(N)=O)N(C)C(=O)C(CC(C)C)NC(=O)C(CCCN)NC(=O)C(CO)NC(=O)C(NC(=O)C(NC(=O)C(O)C(O)C(CCC(N)=O)NC(=O)C(CCCN)NC(=O)C(C)C(O)C(C)CC(C)CC(C)C)C(C)C(C)C(N)=O)C(C(C)C(C)C)OC(=O)C2CCCCN2C(=O)C(CC(=O)O)NC1=O. The van der Waals surface area contributed by atoms with Crippen LogP contribution in [0.4, 0.5) is 0 Å². The van der Waals surface area contributed by atoms with Gasteiger partial charge in [-0.3, -0.25) is 71.9 Å². The third-order valence-electron chi connectivity index (χ3n) is 21.6. The number of methoxy groups -OCH3 is 1. The molecule has 0 saturated carbocycles. The number of aliphatic carboxylic acids is 1. The number of carbonyl (C=O) groups is 16. The Morgan fingerprint density at radius 3 is 1.77 bits per heavy atom. The molecule has 2 aliphatic rings. The molecule has 656 valence electrons. The molecule has 2 heterocycles. The number of aliphatic hydroxyl groups is 4. The number of carboxylic acids is 1. The van der Waals surface area contributed by atoms with Gasteiger partial charge in [0.25, 0.3) is 5.91 Å². The number of cyclic esters (lactones) is 1. The number of aliphatic hydroxyl groups excluding tert-OH is 4. The van der Waals surface area contributed by atoms with Crippen LogP contribution in [0.2, 0.25) is 0 Å². The van der Waals surface area contributed by atoms with Gasteiger partial charge in [-0.15, -0.1) is 0 Å². The average molecular weight is 1640 g/mol. The van der Waals surface area contributed by atoms with Crippen molar-refractivity contribution >= 4 is 94.6 Å². The zero-order chi connectivity index (χ0) is 87.7. The second-order valence-electron chi connectivity index (χ2n) is 32.2. The van der Waals surface area contributed by atoms with Crippen LogP contribution in [0.1, 0.15) is 193 Å².